The third-order valence-corrected chi connectivity index (χ3v) is 4.24. The van der Waals surface area contributed by atoms with Crippen molar-refractivity contribution in [3.05, 3.63) is 63.9 Å². The van der Waals surface area contributed by atoms with Crippen molar-refractivity contribution in [2.24, 2.45) is 0 Å². The van der Waals surface area contributed by atoms with Gasteiger partial charge in [0.15, 0.2) is 0 Å². The summed E-state index contributed by atoms with van der Waals surface area (Å²) < 4.78 is 19.3. The minimum atomic E-state index is -0.333. The Morgan fingerprint density at radius 2 is 2.00 bits per heavy atom. The van der Waals surface area contributed by atoms with Crippen LogP contribution in [0.15, 0.2) is 36.4 Å². The Kier molecular flexibility index (Phi) is 3.87. The van der Waals surface area contributed by atoms with Crippen molar-refractivity contribution in [1.82, 2.24) is 5.32 Å². The second-order valence-corrected chi connectivity index (χ2v) is 5.80. The van der Waals surface area contributed by atoms with E-state index in [1.165, 1.54) is 17.7 Å². The molecule has 4 heteroatoms. The SMILES string of the molecule is CNC1CC(c2ccc(F)cc2Cl)Oc2ccc(C)cc21. The van der Waals surface area contributed by atoms with Crippen LogP contribution in [0.4, 0.5) is 4.39 Å². The Hall–Kier alpha value is -1.58. The highest BCUT2D eigenvalue weighted by molar-refractivity contribution is 6.31. The summed E-state index contributed by atoms with van der Waals surface area (Å²) >= 11 is 6.17. The number of rotatable bonds is 2. The number of fused-ring (bicyclic) bond motifs is 1. The number of ether oxygens (including phenoxy) is 1. The van der Waals surface area contributed by atoms with Gasteiger partial charge in [0.2, 0.25) is 0 Å². The largest absolute Gasteiger partial charge is 0.485 e. The number of halogens is 2. The molecule has 0 radical (unpaired) electrons. The zero-order valence-corrected chi connectivity index (χ0v) is 12.7. The molecule has 0 spiro atoms. The predicted molar refractivity (Wildman–Crippen MR) is 82.4 cm³/mol. The molecule has 110 valence electrons. The molecule has 1 aliphatic heterocycles. The van der Waals surface area contributed by atoms with Crippen molar-refractivity contribution < 1.29 is 9.13 Å². The minimum Gasteiger partial charge on any atom is -0.485 e. The molecule has 0 saturated carbocycles. The number of benzene rings is 2. The van der Waals surface area contributed by atoms with Gasteiger partial charge in [0, 0.05) is 23.6 Å². The summed E-state index contributed by atoms with van der Waals surface area (Å²) in [5.41, 5.74) is 3.19. The van der Waals surface area contributed by atoms with Crippen LogP contribution >= 0.6 is 11.6 Å². The Morgan fingerprint density at radius 1 is 1.19 bits per heavy atom. The molecule has 2 unspecified atom stereocenters. The van der Waals surface area contributed by atoms with Crippen LogP contribution in [0.3, 0.4) is 0 Å². The highest BCUT2D eigenvalue weighted by Gasteiger charge is 2.29. The highest BCUT2D eigenvalue weighted by Crippen LogP contribution is 2.42. The van der Waals surface area contributed by atoms with Gasteiger partial charge in [-0.05, 0) is 32.2 Å². The van der Waals surface area contributed by atoms with E-state index in [0.29, 0.717) is 5.02 Å². The Balaban J connectivity index is 1.98. The van der Waals surface area contributed by atoms with E-state index in [9.17, 15) is 4.39 Å². The highest BCUT2D eigenvalue weighted by atomic mass is 35.5. The smallest absolute Gasteiger partial charge is 0.127 e. The van der Waals surface area contributed by atoms with Gasteiger partial charge in [-0.2, -0.15) is 0 Å². The van der Waals surface area contributed by atoms with E-state index in [1.807, 2.05) is 19.2 Å². The van der Waals surface area contributed by atoms with Gasteiger partial charge in [0.1, 0.15) is 17.7 Å². The summed E-state index contributed by atoms with van der Waals surface area (Å²) in [6.45, 7) is 2.07. The van der Waals surface area contributed by atoms with Crippen molar-refractivity contribution in [2.45, 2.75) is 25.5 Å². The van der Waals surface area contributed by atoms with Crippen LogP contribution in [-0.2, 0) is 0 Å². The van der Waals surface area contributed by atoms with Gasteiger partial charge in [-0.25, -0.2) is 4.39 Å². The predicted octanol–water partition coefficient (Wildman–Crippen LogP) is 4.57. The van der Waals surface area contributed by atoms with Crippen LogP contribution in [0.1, 0.15) is 35.3 Å². The summed E-state index contributed by atoms with van der Waals surface area (Å²) in [4.78, 5) is 0. The molecular weight excluding hydrogens is 289 g/mol. The van der Waals surface area contributed by atoms with Gasteiger partial charge in [-0.15, -0.1) is 0 Å². The first kappa shape index (κ1) is 14.4. The molecule has 1 N–H and O–H groups in total. The Labute approximate surface area is 128 Å². The van der Waals surface area contributed by atoms with Crippen molar-refractivity contribution in [2.75, 3.05) is 7.05 Å². The first-order valence-corrected chi connectivity index (χ1v) is 7.35. The Bertz CT molecular complexity index is 674. The third kappa shape index (κ3) is 2.76. The van der Waals surface area contributed by atoms with E-state index in [0.717, 1.165) is 23.3 Å². The molecule has 3 rings (SSSR count). The molecular formula is C17H17ClFNO. The lowest BCUT2D eigenvalue weighted by Crippen LogP contribution is -2.27. The number of hydrogen-bond donors (Lipinski definition) is 1. The Morgan fingerprint density at radius 3 is 2.71 bits per heavy atom. The maximum Gasteiger partial charge on any atom is 0.127 e. The van der Waals surface area contributed by atoms with Crippen LogP contribution < -0.4 is 10.1 Å². The molecule has 1 heterocycles. The van der Waals surface area contributed by atoms with E-state index in [-0.39, 0.29) is 18.0 Å². The third-order valence-electron chi connectivity index (χ3n) is 3.92. The lowest BCUT2D eigenvalue weighted by Gasteiger charge is -2.33. The van der Waals surface area contributed by atoms with Gasteiger partial charge in [-0.1, -0.05) is 35.4 Å². The monoisotopic (exact) mass is 305 g/mol. The second-order valence-electron chi connectivity index (χ2n) is 5.39. The standard InChI is InChI=1S/C17H17ClFNO/c1-10-3-6-16-13(7-10)15(20-2)9-17(21-16)12-5-4-11(19)8-14(12)18/h3-8,15,17,20H,9H2,1-2H3. The van der Waals surface area contributed by atoms with Gasteiger partial charge in [-0.3, -0.25) is 0 Å². The van der Waals surface area contributed by atoms with Gasteiger partial charge >= 0.3 is 0 Å². The number of nitrogens with one attached hydrogen (secondary N) is 1. The fraction of sp³-hybridized carbons (Fsp3) is 0.294. The molecule has 2 atom stereocenters. The molecule has 0 aromatic heterocycles. The summed E-state index contributed by atoms with van der Waals surface area (Å²) in [7, 11) is 1.94. The van der Waals surface area contributed by atoms with E-state index in [1.54, 1.807) is 6.07 Å². The molecule has 21 heavy (non-hydrogen) atoms. The fourth-order valence-electron chi connectivity index (χ4n) is 2.82. The maximum atomic E-state index is 13.2. The molecule has 0 fully saturated rings. The molecule has 2 aromatic rings. The summed E-state index contributed by atoms with van der Waals surface area (Å²) in [5.74, 6) is 0.525. The first-order valence-electron chi connectivity index (χ1n) is 6.98. The average molecular weight is 306 g/mol. The lowest BCUT2D eigenvalue weighted by molar-refractivity contribution is 0.154. The van der Waals surface area contributed by atoms with E-state index < -0.39 is 0 Å². The summed E-state index contributed by atoms with van der Waals surface area (Å²) in [6.07, 6.45) is 0.587. The van der Waals surface area contributed by atoms with Crippen LogP contribution in [-0.4, -0.2) is 7.05 Å². The van der Waals surface area contributed by atoms with Crippen molar-refractivity contribution in [3.8, 4) is 5.75 Å². The zero-order chi connectivity index (χ0) is 15.0. The van der Waals surface area contributed by atoms with Crippen molar-refractivity contribution >= 4 is 11.6 Å². The molecule has 2 aromatic carbocycles. The van der Waals surface area contributed by atoms with Crippen LogP contribution in [0.25, 0.3) is 0 Å². The number of hydrogen-bond acceptors (Lipinski definition) is 2. The fourth-order valence-corrected chi connectivity index (χ4v) is 3.11. The second kappa shape index (κ2) is 5.66. The van der Waals surface area contributed by atoms with E-state index >= 15 is 0 Å². The van der Waals surface area contributed by atoms with Crippen LogP contribution in [0.2, 0.25) is 5.02 Å². The average Bonchev–Trinajstić information content (AvgIpc) is 2.46. The van der Waals surface area contributed by atoms with E-state index in [2.05, 4.69) is 18.3 Å². The molecule has 2 nitrogen and oxygen atoms in total. The first-order chi connectivity index (χ1) is 10.1. The molecule has 0 bridgehead atoms. The normalized spacial score (nSPS) is 20.8. The summed E-state index contributed by atoms with van der Waals surface area (Å²) in [6, 6.07) is 10.8. The minimum absolute atomic E-state index is 0.175. The van der Waals surface area contributed by atoms with Gasteiger partial charge in [0.05, 0.1) is 5.02 Å². The maximum absolute atomic E-state index is 13.2. The number of aryl methyl sites for hydroxylation is 1. The molecule has 0 saturated heterocycles. The van der Waals surface area contributed by atoms with Gasteiger partial charge in [0.25, 0.3) is 0 Å². The molecule has 0 amide bonds. The molecule has 1 aliphatic rings. The van der Waals surface area contributed by atoms with Crippen molar-refractivity contribution in [1.29, 1.82) is 0 Å². The molecule has 0 aliphatic carbocycles. The lowest BCUT2D eigenvalue weighted by atomic mass is 9.92. The van der Waals surface area contributed by atoms with Crippen LogP contribution in [0.5, 0.6) is 5.75 Å². The zero-order valence-electron chi connectivity index (χ0n) is 12.0. The van der Waals surface area contributed by atoms with Crippen molar-refractivity contribution in [3.63, 3.8) is 0 Å². The van der Waals surface area contributed by atoms with Crippen LogP contribution in [0, 0.1) is 12.7 Å². The quantitative estimate of drug-likeness (QED) is 0.877. The van der Waals surface area contributed by atoms with Gasteiger partial charge < -0.3 is 10.1 Å². The summed E-state index contributed by atoms with van der Waals surface area (Å²) in [5, 5.41) is 3.73. The topological polar surface area (TPSA) is 21.3 Å². The van der Waals surface area contributed by atoms with E-state index in [4.69, 9.17) is 16.3 Å².